The number of aliphatic hydroxyl groups is 4. The SMILES string of the molecule is O=C(/C=C/c1ccc(O)cc1)O[C@H]1[C@H](O[C@H]2[C@H](Oc3ccc(-c4cc(=O)c5c(O)cc(O)cc5o4)cc3)O[C@H](C(=O)O)[C@@H](O)[C@@H]2O)O[C@H](C(=O)O)[C@@H](O)[C@@H]1O. The van der Waals surface area contributed by atoms with Gasteiger partial charge in [-0.3, -0.25) is 4.79 Å². The molecule has 3 aromatic carbocycles. The van der Waals surface area contributed by atoms with E-state index in [4.69, 9.17) is 28.1 Å². The minimum atomic E-state index is -2.18. The molecule has 6 rings (SSSR count). The van der Waals surface area contributed by atoms with Crippen LogP contribution in [0.5, 0.6) is 23.0 Å². The summed E-state index contributed by atoms with van der Waals surface area (Å²) in [7, 11) is 0. The number of hydrogen-bond donors (Lipinski definition) is 9. The summed E-state index contributed by atoms with van der Waals surface area (Å²) in [6, 6.07) is 14.2. The van der Waals surface area contributed by atoms with Gasteiger partial charge >= 0.3 is 17.9 Å². The van der Waals surface area contributed by atoms with Gasteiger partial charge in [-0.25, -0.2) is 14.4 Å². The topological polar surface area (TPSA) is 310 Å². The number of benzene rings is 3. The van der Waals surface area contributed by atoms with Crippen molar-refractivity contribution in [1.82, 2.24) is 0 Å². The highest BCUT2D eigenvalue weighted by Gasteiger charge is 2.55. The number of fused-ring (bicyclic) bond motifs is 1. The molecule has 3 heterocycles. The summed E-state index contributed by atoms with van der Waals surface area (Å²) in [5.74, 6) is -5.61. The first-order valence-electron chi connectivity index (χ1n) is 16.2. The lowest BCUT2D eigenvalue weighted by atomic mass is 9.96. The maximum atomic E-state index is 12.8. The van der Waals surface area contributed by atoms with Crippen LogP contribution in [0, 0.1) is 0 Å². The number of hydrogen-bond acceptors (Lipinski definition) is 17. The van der Waals surface area contributed by atoms with Gasteiger partial charge in [-0.05, 0) is 48.0 Å². The van der Waals surface area contributed by atoms with E-state index in [0.717, 1.165) is 24.3 Å². The van der Waals surface area contributed by atoms with Gasteiger partial charge in [-0.1, -0.05) is 12.1 Å². The summed E-state index contributed by atoms with van der Waals surface area (Å²) in [5, 5.41) is 91.6. The van der Waals surface area contributed by atoms with Gasteiger partial charge in [-0.15, -0.1) is 0 Å². The van der Waals surface area contributed by atoms with Crippen molar-refractivity contribution in [3.05, 3.63) is 88.6 Å². The van der Waals surface area contributed by atoms with Crippen LogP contribution < -0.4 is 10.2 Å². The van der Waals surface area contributed by atoms with Gasteiger partial charge in [0.2, 0.25) is 6.29 Å². The van der Waals surface area contributed by atoms with E-state index >= 15 is 0 Å². The molecule has 0 spiro atoms. The third-order valence-electron chi connectivity index (χ3n) is 8.61. The molecule has 2 fully saturated rings. The van der Waals surface area contributed by atoms with E-state index in [9.17, 15) is 65.1 Å². The van der Waals surface area contributed by atoms with Crippen molar-refractivity contribution in [3.8, 4) is 34.3 Å². The summed E-state index contributed by atoms with van der Waals surface area (Å²) < 4.78 is 33.3. The minimum absolute atomic E-state index is 0.00957. The molecule has 0 radical (unpaired) electrons. The van der Waals surface area contributed by atoms with Crippen LogP contribution in [0.3, 0.4) is 0 Å². The summed E-state index contributed by atoms with van der Waals surface area (Å²) in [6.07, 6.45) is -18.8. The van der Waals surface area contributed by atoms with Crippen molar-refractivity contribution >= 4 is 35.0 Å². The number of phenolic OH excluding ortho intramolecular Hbond substituents is 3. The molecule has 2 aliphatic rings. The zero-order valence-electron chi connectivity index (χ0n) is 27.9. The van der Waals surface area contributed by atoms with Crippen LogP contribution in [-0.4, -0.2) is 125 Å². The fraction of sp³-hybridized carbons (Fsp3) is 0.278. The van der Waals surface area contributed by atoms with E-state index in [0.29, 0.717) is 5.56 Å². The second-order valence-corrected chi connectivity index (χ2v) is 12.4. The lowest BCUT2D eigenvalue weighted by Gasteiger charge is -2.45. The average molecular weight is 769 g/mol. The van der Waals surface area contributed by atoms with Crippen LogP contribution in [0.2, 0.25) is 0 Å². The molecule has 0 amide bonds. The lowest BCUT2D eigenvalue weighted by Crippen LogP contribution is -2.66. The molecule has 2 saturated heterocycles. The van der Waals surface area contributed by atoms with E-state index in [1.807, 2.05) is 0 Å². The molecule has 0 bridgehead atoms. The van der Waals surface area contributed by atoms with Crippen molar-refractivity contribution in [2.75, 3.05) is 0 Å². The molecule has 9 N–H and O–H groups in total. The minimum Gasteiger partial charge on any atom is -0.508 e. The molecule has 0 unspecified atom stereocenters. The number of carbonyl (C=O) groups is 3. The fourth-order valence-corrected chi connectivity index (χ4v) is 5.86. The Hall–Kier alpha value is -6.06. The van der Waals surface area contributed by atoms with Crippen molar-refractivity contribution < 1.29 is 88.4 Å². The van der Waals surface area contributed by atoms with Gasteiger partial charge in [0.05, 0.1) is 0 Å². The molecular formula is C36H32O19. The second-order valence-electron chi connectivity index (χ2n) is 12.4. The second kappa shape index (κ2) is 15.7. The number of rotatable bonds is 10. The van der Waals surface area contributed by atoms with Crippen molar-refractivity contribution in [2.45, 2.75) is 61.4 Å². The first kappa shape index (κ1) is 38.7. The summed E-state index contributed by atoms with van der Waals surface area (Å²) in [5.41, 5.74) is -0.0126. The first-order valence-corrected chi connectivity index (χ1v) is 16.2. The zero-order chi connectivity index (χ0) is 39.7. The molecule has 55 heavy (non-hydrogen) atoms. The highest BCUT2D eigenvalue weighted by Crippen LogP contribution is 2.34. The number of aliphatic hydroxyl groups excluding tert-OH is 4. The Labute approximate surface area is 307 Å². The van der Waals surface area contributed by atoms with Gasteiger partial charge in [0.15, 0.2) is 36.1 Å². The molecule has 0 saturated carbocycles. The van der Waals surface area contributed by atoms with Gasteiger partial charge in [-0.2, -0.15) is 0 Å². The number of carboxylic acid groups (broad SMARTS) is 2. The van der Waals surface area contributed by atoms with E-state index in [1.165, 1.54) is 54.6 Å². The summed E-state index contributed by atoms with van der Waals surface area (Å²) >= 11 is 0. The van der Waals surface area contributed by atoms with Crippen molar-refractivity contribution in [2.24, 2.45) is 0 Å². The Morgan fingerprint density at radius 2 is 1.29 bits per heavy atom. The maximum absolute atomic E-state index is 12.8. The Kier molecular flexibility index (Phi) is 11.1. The smallest absolute Gasteiger partial charge is 0.335 e. The fourth-order valence-electron chi connectivity index (χ4n) is 5.86. The number of aromatic hydroxyl groups is 3. The number of carbonyl (C=O) groups excluding carboxylic acids is 1. The number of phenols is 3. The standard InChI is InChI=1S/C36H32O19/c37-16-6-1-14(2-7-16)3-10-23(41)52-31-27(44)25(42)30(34(48)49)54-36(31)55-32-28(45)26(43)29(33(46)47)53-35(32)50-18-8-4-15(5-9-18)21-13-20(40)24-19(39)11-17(38)12-22(24)51-21/h1-13,25-32,35-39,42-45H,(H,46,47)(H,48,49)/b10-3+/t25-,26-,27-,28-,29-,30-,31+,32+,35+,36-/m0/s1. The van der Waals surface area contributed by atoms with Gasteiger partial charge in [0, 0.05) is 29.8 Å². The Morgan fingerprint density at radius 3 is 1.91 bits per heavy atom. The monoisotopic (exact) mass is 768 g/mol. The van der Waals surface area contributed by atoms with Crippen molar-refractivity contribution in [3.63, 3.8) is 0 Å². The van der Waals surface area contributed by atoms with E-state index in [2.05, 4.69) is 0 Å². The van der Waals surface area contributed by atoms with Crippen LogP contribution in [0.25, 0.3) is 28.4 Å². The van der Waals surface area contributed by atoms with Gasteiger partial charge in [0.1, 0.15) is 64.1 Å². The Morgan fingerprint density at radius 1 is 0.691 bits per heavy atom. The van der Waals surface area contributed by atoms with Gasteiger partial charge in [0.25, 0.3) is 0 Å². The van der Waals surface area contributed by atoms with Crippen LogP contribution >= 0.6 is 0 Å². The van der Waals surface area contributed by atoms with E-state index in [-0.39, 0.29) is 39.5 Å². The Balaban J connectivity index is 1.27. The predicted molar refractivity (Wildman–Crippen MR) is 180 cm³/mol. The normalized spacial score (nSPS) is 28.1. The largest absolute Gasteiger partial charge is 0.508 e. The third-order valence-corrected chi connectivity index (χ3v) is 8.61. The van der Waals surface area contributed by atoms with Crippen molar-refractivity contribution in [1.29, 1.82) is 0 Å². The molecule has 10 atom stereocenters. The predicted octanol–water partition coefficient (Wildman–Crippen LogP) is 0.0286. The third kappa shape index (κ3) is 8.22. The van der Waals surface area contributed by atoms with Crippen LogP contribution in [0.1, 0.15) is 5.56 Å². The van der Waals surface area contributed by atoms with Gasteiger partial charge < -0.3 is 74.1 Å². The number of aliphatic carboxylic acids is 2. The molecular weight excluding hydrogens is 736 g/mol. The molecule has 4 aromatic rings. The van der Waals surface area contributed by atoms with E-state index in [1.54, 1.807) is 0 Å². The lowest BCUT2D eigenvalue weighted by molar-refractivity contribution is -0.350. The number of esters is 1. The van der Waals surface area contributed by atoms with Crippen LogP contribution in [0.15, 0.2) is 82.0 Å². The van der Waals surface area contributed by atoms with Crippen LogP contribution in [0.4, 0.5) is 0 Å². The molecule has 0 aliphatic carbocycles. The van der Waals surface area contributed by atoms with E-state index < -0.39 is 90.5 Å². The summed E-state index contributed by atoms with van der Waals surface area (Å²) in [4.78, 5) is 49.3. The Bertz CT molecular complexity index is 2150. The molecule has 1 aromatic heterocycles. The quantitative estimate of drug-likeness (QED) is 0.0759. The average Bonchev–Trinajstić information content (AvgIpc) is 3.13. The molecule has 19 nitrogen and oxygen atoms in total. The summed E-state index contributed by atoms with van der Waals surface area (Å²) in [6.45, 7) is 0. The highest BCUT2D eigenvalue weighted by atomic mass is 16.8. The maximum Gasteiger partial charge on any atom is 0.335 e. The number of ether oxygens (including phenoxy) is 5. The molecule has 19 heteroatoms. The highest BCUT2D eigenvalue weighted by molar-refractivity contribution is 5.87. The first-order chi connectivity index (χ1) is 26.1. The number of carboxylic acids is 2. The van der Waals surface area contributed by atoms with Crippen LogP contribution in [-0.2, 0) is 33.3 Å². The molecule has 2 aliphatic heterocycles. The molecule has 290 valence electrons. The zero-order valence-corrected chi connectivity index (χ0v) is 27.9.